The van der Waals surface area contributed by atoms with Crippen LogP contribution in [0.2, 0.25) is 0 Å². The van der Waals surface area contributed by atoms with Gasteiger partial charge >= 0.3 is 6.18 Å². The average Bonchev–Trinajstić information content (AvgIpc) is 3.09. The van der Waals surface area contributed by atoms with Gasteiger partial charge in [-0.2, -0.15) is 18.4 Å². The highest BCUT2D eigenvalue weighted by molar-refractivity contribution is 5.72. The Hall–Kier alpha value is -3.48. The van der Waals surface area contributed by atoms with Gasteiger partial charge in [-0.05, 0) is 38.1 Å². The second kappa shape index (κ2) is 7.03. The molecule has 0 bridgehead atoms. The molecule has 3 aromatic rings. The van der Waals surface area contributed by atoms with Crippen LogP contribution in [-0.2, 0) is 6.18 Å². The van der Waals surface area contributed by atoms with Crippen LogP contribution in [-0.4, -0.2) is 31.5 Å². The van der Waals surface area contributed by atoms with Crippen molar-refractivity contribution < 1.29 is 17.9 Å². The van der Waals surface area contributed by atoms with Crippen molar-refractivity contribution in [3.8, 4) is 34.5 Å². The van der Waals surface area contributed by atoms with Crippen molar-refractivity contribution in [2.75, 3.05) is 0 Å². The lowest BCUT2D eigenvalue weighted by Gasteiger charge is -2.13. The molecule has 10 heteroatoms. The summed E-state index contributed by atoms with van der Waals surface area (Å²) >= 11 is 0. The van der Waals surface area contributed by atoms with E-state index >= 15 is 0 Å². The van der Waals surface area contributed by atoms with Crippen molar-refractivity contribution in [3.63, 3.8) is 0 Å². The van der Waals surface area contributed by atoms with Gasteiger partial charge in [-0.25, -0.2) is 15.1 Å². The summed E-state index contributed by atoms with van der Waals surface area (Å²) < 4.78 is 44.6. The number of H-pyrrole nitrogens is 1. The molecule has 138 valence electrons. The lowest BCUT2D eigenvalue weighted by Crippen LogP contribution is -2.09. The van der Waals surface area contributed by atoms with Gasteiger partial charge < -0.3 is 4.74 Å². The van der Waals surface area contributed by atoms with Crippen molar-refractivity contribution >= 4 is 0 Å². The molecule has 0 fully saturated rings. The monoisotopic (exact) mass is 374 g/mol. The smallest absolute Gasteiger partial charge is 0.433 e. The van der Waals surface area contributed by atoms with Crippen LogP contribution in [0.4, 0.5) is 13.2 Å². The van der Waals surface area contributed by atoms with Crippen molar-refractivity contribution in [1.82, 2.24) is 25.4 Å². The second-order valence-electron chi connectivity index (χ2n) is 5.82. The van der Waals surface area contributed by atoms with Crippen LogP contribution in [0.5, 0.6) is 5.75 Å². The SMILES string of the molecule is CC(C)Oc1cc(-c2nccc(C(F)(F)F)n2)cc(-c2nn[nH]c2C#N)c1. The maximum atomic E-state index is 13.0. The summed E-state index contributed by atoms with van der Waals surface area (Å²) in [5, 5.41) is 19.1. The predicted molar refractivity (Wildman–Crippen MR) is 88.3 cm³/mol. The standard InChI is InChI=1S/C17H13F3N6O/c1-9(2)27-12-6-10(15-13(8-21)24-26-25-15)5-11(7-12)16-22-4-3-14(23-16)17(18,19)20/h3-7,9H,1-2H3,(H,24,25,26). The van der Waals surface area contributed by atoms with Gasteiger partial charge in [0.15, 0.2) is 11.5 Å². The van der Waals surface area contributed by atoms with E-state index in [0.717, 1.165) is 12.3 Å². The van der Waals surface area contributed by atoms with E-state index < -0.39 is 11.9 Å². The molecule has 1 N–H and O–H groups in total. The van der Waals surface area contributed by atoms with E-state index in [1.807, 2.05) is 19.9 Å². The Morgan fingerprint density at radius 2 is 1.93 bits per heavy atom. The molecule has 0 saturated carbocycles. The van der Waals surface area contributed by atoms with E-state index in [4.69, 9.17) is 10.00 Å². The Morgan fingerprint density at radius 1 is 1.19 bits per heavy atom. The zero-order valence-corrected chi connectivity index (χ0v) is 14.2. The minimum atomic E-state index is -4.59. The van der Waals surface area contributed by atoms with Gasteiger partial charge in [0.25, 0.3) is 0 Å². The Kier molecular flexibility index (Phi) is 4.77. The molecule has 7 nitrogen and oxygen atoms in total. The van der Waals surface area contributed by atoms with Crippen LogP contribution < -0.4 is 4.74 Å². The third kappa shape index (κ3) is 4.03. The van der Waals surface area contributed by atoms with Crippen LogP contribution in [0, 0.1) is 11.3 Å². The van der Waals surface area contributed by atoms with Gasteiger partial charge in [0, 0.05) is 17.3 Å². The third-order valence-corrected chi connectivity index (χ3v) is 3.42. The minimum absolute atomic E-state index is 0.118. The highest BCUT2D eigenvalue weighted by Gasteiger charge is 2.33. The highest BCUT2D eigenvalue weighted by Crippen LogP contribution is 2.32. The van der Waals surface area contributed by atoms with Crippen molar-refractivity contribution in [2.24, 2.45) is 0 Å². The summed E-state index contributed by atoms with van der Waals surface area (Å²) in [6.07, 6.45) is -3.73. The fourth-order valence-electron chi connectivity index (χ4n) is 2.37. The Balaban J connectivity index is 2.16. The molecule has 0 aliphatic heterocycles. The van der Waals surface area contributed by atoms with Crippen LogP contribution in [0.25, 0.3) is 22.6 Å². The quantitative estimate of drug-likeness (QED) is 0.749. The third-order valence-electron chi connectivity index (χ3n) is 3.42. The molecule has 2 aromatic heterocycles. The average molecular weight is 374 g/mol. The van der Waals surface area contributed by atoms with Gasteiger partial charge in [0.2, 0.25) is 0 Å². The second-order valence-corrected chi connectivity index (χ2v) is 5.82. The molecule has 2 heterocycles. The van der Waals surface area contributed by atoms with E-state index in [1.54, 1.807) is 6.07 Å². The zero-order chi connectivity index (χ0) is 19.6. The van der Waals surface area contributed by atoms with E-state index in [-0.39, 0.29) is 23.3 Å². The maximum absolute atomic E-state index is 13.0. The first kappa shape index (κ1) is 18.3. The van der Waals surface area contributed by atoms with Crippen molar-refractivity contribution in [3.05, 3.63) is 41.9 Å². The highest BCUT2D eigenvalue weighted by atomic mass is 19.4. The van der Waals surface area contributed by atoms with Crippen LogP contribution in [0.3, 0.4) is 0 Å². The number of aromatic nitrogens is 5. The number of rotatable bonds is 4. The normalized spacial score (nSPS) is 11.4. The van der Waals surface area contributed by atoms with Gasteiger partial charge in [-0.15, -0.1) is 5.10 Å². The van der Waals surface area contributed by atoms with Gasteiger partial charge in [-0.1, -0.05) is 5.21 Å². The molecule has 1 aromatic carbocycles. The maximum Gasteiger partial charge on any atom is 0.433 e. The number of benzene rings is 1. The number of halogens is 3. The number of hydrogen-bond acceptors (Lipinski definition) is 6. The largest absolute Gasteiger partial charge is 0.491 e. The topological polar surface area (TPSA) is 100 Å². The number of alkyl halides is 3. The lowest BCUT2D eigenvalue weighted by molar-refractivity contribution is -0.141. The molecule has 3 rings (SSSR count). The van der Waals surface area contributed by atoms with Crippen LogP contribution in [0.15, 0.2) is 30.5 Å². The Bertz CT molecular complexity index is 1010. The summed E-state index contributed by atoms with van der Waals surface area (Å²) in [6, 6.07) is 7.40. The molecule has 0 atom stereocenters. The summed E-state index contributed by atoms with van der Waals surface area (Å²) in [7, 11) is 0. The first-order valence-corrected chi connectivity index (χ1v) is 7.82. The fraction of sp³-hybridized carbons (Fsp3) is 0.235. The molecular formula is C17H13F3N6O. The van der Waals surface area contributed by atoms with Crippen molar-refractivity contribution in [1.29, 1.82) is 5.26 Å². The minimum Gasteiger partial charge on any atom is -0.491 e. The van der Waals surface area contributed by atoms with Crippen molar-refractivity contribution in [2.45, 2.75) is 26.1 Å². The lowest BCUT2D eigenvalue weighted by atomic mass is 10.1. The van der Waals surface area contributed by atoms with Crippen LogP contribution in [0.1, 0.15) is 25.2 Å². The van der Waals surface area contributed by atoms with Gasteiger partial charge in [0.1, 0.15) is 23.2 Å². The molecule has 0 amide bonds. The summed E-state index contributed by atoms with van der Waals surface area (Å²) in [5.41, 5.74) is 0.0477. The molecule has 0 aliphatic rings. The van der Waals surface area contributed by atoms with Gasteiger partial charge in [0.05, 0.1) is 6.10 Å². The molecule has 0 unspecified atom stereocenters. The van der Waals surface area contributed by atoms with Crippen LogP contribution >= 0.6 is 0 Å². The fourth-order valence-corrected chi connectivity index (χ4v) is 2.37. The van der Waals surface area contributed by atoms with E-state index in [1.165, 1.54) is 12.1 Å². The zero-order valence-electron chi connectivity index (χ0n) is 14.2. The number of nitrogens with zero attached hydrogens (tertiary/aromatic N) is 5. The number of nitrogens with one attached hydrogen (secondary N) is 1. The van der Waals surface area contributed by atoms with E-state index in [9.17, 15) is 13.2 Å². The number of nitriles is 1. The molecule has 0 aliphatic carbocycles. The Labute approximate surface area is 151 Å². The van der Waals surface area contributed by atoms with E-state index in [0.29, 0.717) is 16.9 Å². The molecule has 0 spiro atoms. The van der Waals surface area contributed by atoms with Gasteiger partial charge in [-0.3, -0.25) is 0 Å². The first-order valence-electron chi connectivity index (χ1n) is 7.82. The molecule has 0 saturated heterocycles. The Morgan fingerprint density at radius 3 is 2.59 bits per heavy atom. The summed E-state index contributed by atoms with van der Waals surface area (Å²) in [6.45, 7) is 3.62. The molecule has 0 radical (unpaired) electrons. The first-order chi connectivity index (χ1) is 12.8. The predicted octanol–water partition coefficient (Wildman–Crippen LogP) is 3.61. The molecule has 27 heavy (non-hydrogen) atoms. The summed E-state index contributed by atoms with van der Waals surface area (Å²) in [5.74, 6) is 0.257. The number of aromatic amines is 1. The number of hydrogen-bond donors (Lipinski definition) is 1. The van der Waals surface area contributed by atoms with E-state index in [2.05, 4.69) is 25.4 Å². The number of ether oxygens (including phenoxy) is 1. The molecular weight excluding hydrogens is 361 g/mol. The summed E-state index contributed by atoms with van der Waals surface area (Å²) in [4.78, 5) is 7.53.